The first-order valence-electron chi connectivity index (χ1n) is 9.47. The molecule has 1 aromatic heterocycles. The Morgan fingerprint density at radius 3 is 2.53 bits per heavy atom. The molecule has 0 saturated heterocycles. The van der Waals surface area contributed by atoms with Crippen molar-refractivity contribution in [2.45, 2.75) is 33.0 Å². The Hall–Kier alpha value is -3.89. The highest BCUT2D eigenvalue weighted by Crippen LogP contribution is 2.34. The van der Waals surface area contributed by atoms with Crippen molar-refractivity contribution in [3.63, 3.8) is 0 Å². The number of hydrogen-bond acceptors (Lipinski definition) is 5. The number of nitrogens with one attached hydrogen (secondary N) is 1. The van der Waals surface area contributed by atoms with Gasteiger partial charge in [0.05, 0.1) is 27.9 Å². The van der Waals surface area contributed by atoms with E-state index in [9.17, 15) is 28.1 Å². The van der Waals surface area contributed by atoms with Crippen molar-refractivity contribution >= 4 is 17.3 Å². The van der Waals surface area contributed by atoms with E-state index in [4.69, 9.17) is 4.74 Å². The minimum Gasteiger partial charge on any atom is -0.457 e. The highest BCUT2D eigenvalue weighted by atomic mass is 19.4. The number of amides is 1. The third-order valence-corrected chi connectivity index (χ3v) is 4.44. The van der Waals surface area contributed by atoms with E-state index in [0.29, 0.717) is 6.54 Å². The van der Waals surface area contributed by atoms with Gasteiger partial charge in [-0.05, 0) is 38.1 Å². The van der Waals surface area contributed by atoms with E-state index in [2.05, 4.69) is 10.4 Å². The van der Waals surface area contributed by atoms with Crippen LogP contribution in [-0.2, 0) is 17.5 Å². The number of non-ortho nitro benzene ring substituents is 1. The van der Waals surface area contributed by atoms with E-state index < -0.39 is 22.6 Å². The van der Waals surface area contributed by atoms with Crippen LogP contribution in [0.2, 0.25) is 0 Å². The molecule has 0 fully saturated rings. The minimum absolute atomic E-state index is 0.0640. The zero-order chi connectivity index (χ0) is 23.5. The van der Waals surface area contributed by atoms with Crippen LogP contribution >= 0.6 is 0 Å². The highest BCUT2D eigenvalue weighted by Gasteiger charge is 2.30. The van der Waals surface area contributed by atoms with Crippen molar-refractivity contribution in [1.29, 1.82) is 0 Å². The van der Waals surface area contributed by atoms with Crippen LogP contribution in [0.25, 0.3) is 0 Å². The van der Waals surface area contributed by atoms with Crippen LogP contribution in [-0.4, -0.2) is 20.6 Å². The first-order valence-corrected chi connectivity index (χ1v) is 9.47. The molecule has 168 valence electrons. The van der Waals surface area contributed by atoms with Gasteiger partial charge < -0.3 is 10.1 Å². The SMILES string of the molecule is Cc1cc(C)n(CCC(=O)Nc2cc(Oc3cccc(C(F)(F)F)c3)cc([N+](=O)[O-])c2)n1. The van der Waals surface area contributed by atoms with E-state index >= 15 is 0 Å². The largest absolute Gasteiger partial charge is 0.457 e. The number of nitro groups is 1. The van der Waals surface area contributed by atoms with Gasteiger partial charge in [-0.15, -0.1) is 0 Å². The number of aromatic nitrogens is 2. The number of nitrogens with zero attached hydrogens (tertiary/aromatic N) is 3. The van der Waals surface area contributed by atoms with Crippen LogP contribution in [0.3, 0.4) is 0 Å². The molecule has 8 nitrogen and oxygen atoms in total. The number of rotatable bonds is 7. The average Bonchev–Trinajstić information content (AvgIpc) is 3.02. The molecule has 2 aromatic carbocycles. The molecule has 0 aliphatic rings. The van der Waals surface area contributed by atoms with E-state index in [-0.39, 0.29) is 29.3 Å². The summed E-state index contributed by atoms with van der Waals surface area (Å²) in [7, 11) is 0. The maximum atomic E-state index is 12.9. The second-order valence-corrected chi connectivity index (χ2v) is 7.05. The average molecular weight is 448 g/mol. The lowest BCUT2D eigenvalue weighted by Gasteiger charge is -2.12. The van der Waals surface area contributed by atoms with Gasteiger partial charge in [-0.25, -0.2) is 0 Å². The zero-order valence-corrected chi connectivity index (χ0v) is 17.1. The lowest BCUT2D eigenvalue weighted by Crippen LogP contribution is -2.15. The molecule has 0 saturated carbocycles. The fourth-order valence-corrected chi connectivity index (χ4v) is 3.02. The molecule has 0 unspecified atom stereocenters. The monoisotopic (exact) mass is 448 g/mol. The van der Waals surface area contributed by atoms with E-state index in [1.165, 1.54) is 12.1 Å². The summed E-state index contributed by atoms with van der Waals surface area (Å²) in [6.45, 7) is 4.00. The summed E-state index contributed by atoms with van der Waals surface area (Å²) in [6.07, 6.45) is -4.50. The molecule has 0 bridgehead atoms. The number of ether oxygens (including phenoxy) is 1. The number of halogens is 3. The first-order chi connectivity index (χ1) is 15.0. The molecule has 0 spiro atoms. The molecule has 0 atom stereocenters. The topological polar surface area (TPSA) is 99.3 Å². The predicted octanol–water partition coefficient (Wildman–Crippen LogP) is 5.25. The van der Waals surface area contributed by atoms with Crippen molar-refractivity contribution in [1.82, 2.24) is 9.78 Å². The molecule has 0 aliphatic carbocycles. The smallest absolute Gasteiger partial charge is 0.416 e. The Labute approximate surface area is 180 Å². The Morgan fingerprint density at radius 2 is 1.91 bits per heavy atom. The number of hydrogen-bond donors (Lipinski definition) is 1. The van der Waals surface area contributed by atoms with Gasteiger partial charge in [-0.2, -0.15) is 18.3 Å². The molecular formula is C21H19F3N4O4. The Kier molecular flexibility index (Phi) is 6.47. The van der Waals surface area contributed by atoms with Gasteiger partial charge in [0.15, 0.2) is 0 Å². The number of carbonyl (C=O) groups is 1. The van der Waals surface area contributed by atoms with Crippen LogP contribution in [0.5, 0.6) is 11.5 Å². The van der Waals surface area contributed by atoms with Crippen molar-refractivity contribution < 1.29 is 27.6 Å². The van der Waals surface area contributed by atoms with Gasteiger partial charge in [-0.3, -0.25) is 19.6 Å². The summed E-state index contributed by atoms with van der Waals surface area (Å²) in [5, 5.41) is 18.1. The summed E-state index contributed by atoms with van der Waals surface area (Å²) < 4.78 is 45.8. The van der Waals surface area contributed by atoms with Gasteiger partial charge in [0.1, 0.15) is 11.5 Å². The molecular weight excluding hydrogens is 429 g/mol. The summed E-state index contributed by atoms with van der Waals surface area (Å²) in [5.74, 6) is -0.655. The summed E-state index contributed by atoms with van der Waals surface area (Å²) in [5.41, 5.74) is 0.487. The minimum atomic E-state index is -4.56. The van der Waals surface area contributed by atoms with Crippen molar-refractivity contribution in [2.24, 2.45) is 0 Å². The van der Waals surface area contributed by atoms with E-state index in [1.54, 1.807) is 4.68 Å². The molecule has 0 radical (unpaired) electrons. The number of benzene rings is 2. The third kappa shape index (κ3) is 5.84. The predicted molar refractivity (Wildman–Crippen MR) is 110 cm³/mol. The third-order valence-electron chi connectivity index (χ3n) is 4.44. The maximum absolute atomic E-state index is 12.9. The number of aryl methyl sites for hydroxylation is 3. The Bertz CT molecular complexity index is 1160. The molecule has 32 heavy (non-hydrogen) atoms. The molecule has 3 aromatic rings. The van der Waals surface area contributed by atoms with Gasteiger partial charge in [0.25, 0.3) is 5.69 Å². The van der Waals surface area contributed by atoms with Gasteiger partial charge in [-0.1, -0.05) is 6.07 Å². The number of alkyl halides is 3. The molecule has 11 heteroatoms. The fraction of sp³-hybridized carbons (Fsp3) is 0.238. The lowest BCUT2D eigenvalue weighted by molar-refractivity contribution is -0.384. The number of anilines is 1. The van der Waals surface area contributed by atoms with Crippen LogP contribution in [0.15, 0.2) is 48.5 Å². The second kappa shape index (κ2) is 9.08. The van der Waals surface area contributed by atoms with E-state index in [1.807, 2.05) is 19.9 Å². The molecule has 1 heterocycles. The maximum Gasteiger partial charge on any atom is 0.416 e. The Balaban J connectivity index is 1.76. The van der Waals surface area contributed by atoms with Gasteiger partial charge >= 0.3 is 6.18 Å². The standard InChI is InChI=1S/C21H19F3N4O4/c1-13-8-14(2)27(26-13)7-6-20(29)25-16-10-17(28(30)31)12-19(11-16)32-18-5-3-4-15(9-18)21(22,23)24/h3-5,8-12H,6-7H2,1-2H3,(H,25,29). The van der Waals surface area contributed by atoms with Crippen LogP contribution in [0.1, 0.15) is 23.4 Å². The van der Waals surface area contributed by atoms with Crippen LogP contribution < -0.4 is 10.1 Å². The summed E-state index contributed by atoms with van der Waals surface area (Å²) in [6, 6.07) is 9.49. The number of carbonyl (C=O) groups excluding carboxylic acids is 1. The normalized spacial score (nSPS) is 11.3. The van der Waals surface area contributed by atoms with Crippen LogP contribution in [0, 0.1) is 24.0 Å². The fourth-order valence-electron chi connectivity index (χ4n) is 3.02. The zero-order valence-electron chi connectivity index (χ0n) is 17.1. The van der Waals surface area contributed by atoms with Crippen molar-refractivity contribution in [3.8, 4) is 11.5 Å². The van der Waals surface area contributed by atoms with Crippen LogP contribution in [0.4, 0.5) is 24.5 Å². The quantitative estimate of drug-likeness (QED) is 0.393. The number of nitro benzene ring substituents is 1. The molecule has 1 N–H and O–H groups in total. The second-order valence-electron chi connectivity index (χ2n) is 7.05. The Morgan fingerprint density at radius 1 is 1.16 bits per heavy atom. The van der Waals surface area contributed by atoms with Crippen molar-refractivity contribution in [3.05, 3.63) is 75.6 Å². The van der Waals surface area contributed by atoms with Crippen molar-refractivity contribution in [2.75, 3.05) is 5.32 Å². The van der Waals surface area contributed by atoms with Gasteiger partial charge in [0.2, 0.25) is 5.91 Å². The van der Waals surface area contributed by atoms with Gasteiger partial charge in [0, 0.05) is 30.8 Å². The molecule has 0 aliphatic heterocycles. The lowest BCUT2D eigenvalue weighted by atomic mass is 10.2. The first kappa shape index (κ1) is 22.8. The summed E-state index contributed by atoms with van der Waals surface area (Å²) >= 11 is 0. The molecule has 3 rings (SSSR count). The molecule has 1 amide bonds. The summed E-state index contributed by atoms with van der Waals surface area (Å²) in [4.78, 5) is 22.9. The van der Waals surface area contributed by atoms with E-state index in [0.717, 1.165) is 41.7 Å². The highest BCUT2D eigenvalue weighted by molar-refractivity contribution is 5.91.